The number of rotatable bonds is 7. The van der Waals surface area contributed by atoms with Crippen LogP contribution in [-0.4, -0.2) is 33.6 Å². The molecule has 0 aliphatic carbocycles. The lowest BCUT2D eigenvalue weighted by Gasteiger charge is -2.30. The van der Waals surface area contributed by atoms with E-state index < -0.39 is 4.92 Å². The minimum absolute atomic E-state index is 0.0401. The van der Waals surface area contributed by atoms with Crippen molar-refractivity contribution < 1.29 is 9.72 Å². The molecule has 21 heavy (non-hydrogen) atoms. The van der Waals surface area contributed by atoms with Crippen molar-refractivity contribution in [3.63, 3.8) is 0 Å². The van der Waals surface area contributed by atoms with Crippen LogP contribution in [0.25, 0.3) is 0 Å². The van der Waals surface area contributed by atoms with E-state index in [0.29, 0.717) is 17.4 Å². The zero-order chi connectivity index (χ0) is 16.0. The lowest BCUT2D eigenvalue weighted by atomic mass is 10.1. The first-order valence-corrected chi connectivity index (χ1v) is 8.19. The Morgan fingerprint density at radius 1 is 1.33 bits per heavy atom. The number of benzene rings is 1. The van der Waals surface area contributed by atoms with Gasteiger partial charge < -0.3 is 4.90 Å². The van der Waals surface area contributed by atoms with Gasteiger partial charge in [0.15, 0.2) is 0 Å². The van der Waals surface area contributed by atoms with Gasteiger partial charge in [-0.25, -0.2) is 0 Å². The van der Waals surface area contributed by atoms with Gasteiger partial charge in [0.05, 0.1) is 4.92 Å². The smallest absolute Gasteiger partial charge is 0.270 e. The Morgan fingerprint density at radius 2 is 1.95 bits per heavy atom. The molecule has 5 nitrogen and oxygen atoms in total. The van der Waals surface area contributed by atoms with Crippen molar-refractivity contribution in [1.82, 2.24) is 4.90 Å². The average Bonchev–Trinajstić information content (AvgIpc) is 2.46. The summed E-state index contributed by atoms with van der Waals surface area (Å²) in [7, 11) is 0. The third kappa shape index (κ3) is 4.52. The minimum Gasteiger partial charge on any atom is -0.335 e. The molecule has 1 aromatic carbocycles. The summed E-state index contributed by atoms with van der Waals surface area (Å²) in [5.74, 6) is -0.144. The van der Waals surface area contributed by atoms with Gasteiger partial charge in [-0.05, 0) is 31.4 Å². The molecule has 0 aliphatic heterocycles. The van der Waals surface area contributed by atoms with E-state index in [1.165, 1.54) is 12.1 Å². The number of alkyl halides is 1. The van der Waals surface area contributed by atoms with E-state index in [0.717, 1.165) is 18.4 Å². The Kier molecular flexibility index (Phi) is 6.81. The number of hydrogen-bond donors (Lipinski definition) is 0. The topological polar surface area (TPSA) is 63.5 Å². The molecule has 6 heteroatoms. The number of nitro benzene ring substituents is 1. The molecule has 0 heterocycles. The number of aryl methyl sites for hydroxylation is 1. The first-order chi connectivity index (χ1) is 9.94. The third-order valence-corrected chi connectivity index (χ3v) is 3.84. The summed E-state index contributed by atoms with van der Waals surface area (Å²) in [5, 5.41) is 11.6. The zero-order valence-corrected chi connectivity index (χ0v) is 14.2. The zero-order valence-electron chi connectivity index (χ0n) is 12.6. The van der Waals surface area contributed by atoms with Crippen molar-refractivity contribution in [3.8, 4) is 0 Å². The van der Waals surface area contributed by atoms with Gasteiger partial charge in [-0.3, -0.25) is 14.9 Å². The Labute approximate surface area is 133 Å². The van der Waals surface area contributed by atoms with Gasteiger partial charge in [-0.1, -0.05) is 29.8 Å². The van der Waals surface area contributed by atoms with Crippen molar-refractivity contribution in [2.24, 2.45) is 0 Å². The highest BCUT2D eigenvalue weighted by molar-refractivity contribution is 9.09. The molecular weight excluding hydrogens is 336 g/mol. The van der Waals surface area contributed by atoms with Crippen molar-refractivity contribution >= 4 is 27.5 Å². The molecule has 1 amide bonds. The van der Waals surface area contributed by atoms with Crippen LogP contribution >= 0.6 is 15.9 Å². The molecule has 1 aromatic rings. The van der Waals surface area contributed by atoms with Crippen LogP contribution in [-0.2, 0) is 0 Å². The number of halogens is 1. The van der Waals surface area contributed by atoms with E-state index in [-0.39, 0.29) is 17.6 Å². The molecule has 0 unspecified atom stereocenters. The van der Waals surface area contributed by atoms with Crippen LogP contribution in [0.2, 0.25) is 0 Å². The van der Waals surface area contributed by atoms with Crippen molar-refractivity contribution in [3.05, 3.63) is 39.4 Å². The number of hydrogen-bond acceptors (Lipinski definition) is 3. The SMILES string of the molecule is CCC(CC)N(CCBr)C(=O)c1cc(C)cc([N+](=O)[O-])c1. The molecule has 0 bridgehead atoms. The minimum atomic E-state index is -0.463. The molecule has 0 aromatic heterocycles. The summed E-state index contributed by atoms with van der Waals surface area (Å²) in [6, 6.07) is 4.69. The van der Waals surface area contributed by atoms with E-state index in [1.54, 1.807) is 17.9 Å². The van der Waals surface area contributed by atoms with Gasteiger partial charge in [-0.15, -0.1) is 0 Å². The van der Waals surface area contributed by atoms with Gasteiger partial charge >= 0.3 is 0 Å². The van der Waals surface area contributed by atoms with E-state index in [9.17, 15) is 14.9 Å². The molecule has 0 N–H and O–H groups in total. The fourth-order valence-corrected chi connectivity index (χ4v) is 2.81. The Balaban J connectivity index is 3.16. The number of carbonyl (C=O) groups excluding carboxylic acids is 1. The summed E-state index contributed by atoms with van der Waals surface area (Å²) >= 11 is 3.37. The van der Waals surface area contributed by atoms with Crippen LogP contribution in [0, 0.1) is 17.0 Å². The van der Waals surface area contributed by atoms with Crippen LogP contribution in [0.5, 0.6) is 0 Å². The predicted octanol–water partition coefficient (Wildman–Crippen LogP) is 3.93. The molecule has 0 fully saturated rings. The summed E-state index contributed by atoms with van der Waals surface area (Å²) in [6.45, 7) is 6.44. The van der Waals surface area contributed by atoms with Gasteiger partial charge in [0.1, 0.15) is 0 Å². The fourth-order valence-electron chi connectivity index (χ4n) is 2.43. The molecule has 0 aliphatic rings. The molecule has 1 rings (SSSR count). The van der Waals surface area contributed by atoms with Crippen molar-refractivity contribution in [2.45, 2.75) is 39.7 Å². The summed E-state index contributed by atoms with van der Waals surface area (Å²) in [5.41, 5.74) is 1.06. The average molecular weight is 357 g/mol. The summed E-state index contributed by atoms with van der Waals surface area (Å²) in [4.78, 5) is 25.0. The predicted molar refractivity (Wildman–Crippen MR) is 87.0 cm³/mol. The van der Waals surface area contributed by atoms with E-state index in [4.69, 9.17) is 0 Å². The number of carbonyl (C=O) groups is 1. The second-order valence-corrected chi connectivity index (χ2v) is 5.77. The van der Waals surface area contributed by atoms with Crippen LogP contribution < -0.4 is 0 Å². The van der Waals surface area contributed by atoms with Crippen molar-refractivity contribution in [1.29, 1.82) is 0 Å². The maximum Gasteiger partial charge on any atom is 0.270 e. The van der Waals surface area contributed by atoms with Gasteiger partial charge in [0.2, 0.25) is 0 Å². The van der Waals surface area contributed by atoms with Crippen LogP contribution in [0.1, 0.15) is 42.6 Å². The molecule has 0 spiro atoms. The fraction of sp³-hybridized carbons (Fsp3) is 0.533. The number of amides is 1. The van der Waals surface area contributed by atoms with E-state index >= 15 is 0 Å². The first-order valence-electron chi connectivity index (χ1n) is 7.07. The van der Waals surface area contributed by atoms with Crippen LogP contribution in [0.4, 0.5) is 5.69 Å². The maximum absolute atomic E-state index is 12.7. The maximum atomic E-state index is 12.7. The monoisotopic (exact) mass is 356 g/mol. The van der Waals surface area contributed by atoms with Gasteiger partial charge in [-0.2, -0.15) is 0 Å². The normalized spacial score (nSPS) is 10.7. The van der Waals surface area contributed by atoms with E-state index in [2.05, 4.69) is 15.9 Å². The Morgan fingerprint density at radius 3 is 2.43 bits per heavy atom. The molecular formula is C15H21BrN2O3. The standard InChI is InChI=1S/C15H21BrN2O3/c1-4-13(5-2)17(7-6-16)15(19)12-8-11(3)9-14(10-12)18(20)21/h8-10,13H,4-7H2,1-3H3. The molecule has 0 saturated carbocycles. The van der Waals surface area contributed by atoms with Gasteiger partial charge in [0.25, 0.3) is 11.6 Å². The Hall–Kier alpha value is -1.43. The van der Waals surface area contributed by atoms with E-state index in [1.807, 2.05) is 13.8 Å². The van der Waals surface area contributed by atoms with Gasteiger partial charge in [0, 0.05) is 35.6 Å². The lowest BCUT2D eigenvalue weighted by molar-refractivity contribution is -0.384. The summed E-state index contributed by atoms with van der Waals surface area (Å²) in [6.07, 6.45) is 1.73. The highest BCUT2D eigenvalue weighted by Crippen LogP contribution is 2.20. The lowest BCUT2D eigenvalue weighted by Crippen LogP contribution is -2.41. The third-order valence-electron chi connectivity index (χ3n) is 3.49. The molecule has 116 valence electrons. The number of nitrogens with zero attached hydrogens (tertiary/aromatic N) is 2. The Bertz CT molecular complexity index is 516. The second kappa shape index (κ2) is 8.12. The largest absolute Gasteiger partial charge is 0.335 e. The van der Waals surface area contributed by atoms with Crippen LogP contribution in [0.3, 0.4) is 0 Å². The number of nitro groups is 1. The first kappa shape index (κ1) is 17.6. The molecule has 0 radical (unpaired) electrons. The highest BCUT2D eigenvalue weighted by atomic mass is 79.9. The second-order valence-electron chi connectivity index (χ2n) is 4.97. The molecule has 0 atom stereocenters. The van der Waals surface area contributed by atoms with Crippen LogP contribution in [0.15, 0.2) is 18.2 Å². The molecule has 0 saturated heterocycles. The number of non-ortho nitro benzene ring substituents is 1. The summed E-state index contributed by atoms with van der Waals surface area (Å²) < 4.78 is 0. The highest BCUT2D eigenvalue weighted by Gasteiger charge is 2.23. The quantitative estimate of drug-likeness (QED) is 0.422. The van der Waals surface area contributed by atoms with Crippen molar-refractivity contribution in [2.75, 3.05) is 11.9 Å².